The highest BCUT2D eigenvalue weighted by atomic mass is 16.5. The van der Waals surface area contributed by atoms with Gasteiger partial charge < -0.3 is 21.0 Å². The van der Waals surface area contributed by atoms with Crippen LogP contribution in [0.1, 0.15) is 16.7 Å². The van der Waals surface area contributed by atoms with Crippen molar-refractivity contribution in [1.29, 1.82) is 0 Å². The molecule has 0 spiro atoms. The lowest BCUT2D eigenvalue weighted by atomic mass is 10.1. The van der Waals surface area contributed by atoms with E-state index in [2.05, 4.69) is 29.5 Å². The number of hydrogen-bond acceptors (Lipinski definition) is 4. The van der Waals surface area contributed by atoms with E-state index >= 15 is 0 Å². The molecule has 0 bridgehead atoms. The van der Waals surface area contributed by atoms with E-state index in [1.807, 2.05) is 24.3 Å². The zero-order valence-electron chi connectivity index (χ0n) is 12.1. The van der Waals surface area contributed by atoms with E-state index in [0.717, 1.165) is 11.3 Å². The number of nitrogens with zero attached hydrogens (tertiary/aromatic N) is 1. The summed E-state index contributed by atoms with van der Waals surface area (Å²) >= 11 is 0. The second-order valence-electron chi connectivity index (χ2n) is 4.74. The van der Waals surface area contributed by atoms with Crippen molar-refractivity contribution in [3.63, 3.8) is 0 Å². The van der Waals surface area contributed by atoms with Crippen molar-refractivity contribution in [2.75, 3.05) is 12.4 Å². The van der Waals surface area contributed by atoms with Gasteiger partial charge in [-0.15, -0.1) is 0 Å². The Balaban J connectivity index is 2.17. The van der Waals surface area contributed by atoms with Gasteiger partial charge in [0, 0.05) is 12.2 Å². The number of hydrogen-bond donors (Lipinski definition) is 3. The van der Waals surface area contributed by atoms with Gasteiger partial charge in [0.25, 0.3) is 0 Å². The third-order valence-electron chi connectivity index (χ3n) is 3.16. The van der Waals surface area contributed by atoms with Crippen molar-refractivity contribution < 1.29 is 9.94 Å². The monoisotopic (exact) mass is 285 g/mol. The van der Waals surface area contributed by atoms with Gasteiger partial charge in [-0.1, -0.05) is 23.4 Å². The highest BCUT2D eigenvalue weighted by Gasteiger charge is 2.09. The molecule has 0 saturated heterocycles. The van der Waals surface area contributed by atoms with Crippen molar-refractivity contribution >= 4 is 11.5 Å². The maximum Gasteiger partial charge on any atom is 0.173 e. The molecule has 0 aliphatic rings. The SMILES string of the molecule is COc1ccc(CNc2cccc(C)c2)cc1C(N)=NO. The van der Waals surface area contributed by atoms with Crippen LogP contribution < -0.4 is 15.8 Å². The summed E-state index contributed by atoms with van der Waals surface area (Å²) in [7, 11) is 1.55. The summed E-state index contributed by atoms with van der Waals surface area (Å²) in [6, 6.07) is 13.7. The van der Waals surface area contributed by atoms with Crippen LogP contribution in [0, 0.1) is 6.92 Å². The quantitative estimate of drug-likeness (QED) is 0.341. The second kappa shape index (κ2) is 6.65. The van der Waals surface area contributed by atoms with E-state index in [1.54, 1.807) is 13.2 Å². The summed E-state index contributed by atoms with van der Waals surface area (Å²) in [5.41, 5.74) is 9.50. The van der Waals surface area contributed by atoms with Crippen molar-refractivity contribution in [3.05, 3.63) is 59.2 Å². The Bertz CT molecular complexity index is 654. The fraction of sp³-hybridized carbons (Fsp3) is 0.188. The zero-order valence-corrected chi connectivity index (χ0v) is 12.1. The van der Waals surface area contributed by atoms with Crippen LogP contribution in [0.3, 0.4) is 0 Å². The minimum atomic E-state index is 0.0317. The lowest BCUT2D eigenvalue weighted by molar-refractivity contribution is 0.318. The topological polar surface area (TPSA) is 79.9 Å². The van der Waals surface area contributed by atoms with E-state index in [9.17, 15) is 0 Å². The molecule has 0 fully saturated rings. The van der Waals surface area contributed by atoms with Crippen LogP contribution in [-0.2, 0) is 6.54 Å². The van der Waals surface area contributed by atoms with E-state index in [4.69, 9.17) is 15.7 Å². The summed E-state index contributed by atoms with van der Waals surface area (Å²) in [6.07, 6.45) is 0. The molecule has 0 saturated carbocycles. The lowest BCUT2D eigenvalue weighted by Gasteiger charge is -2.11. The van der Waals surface area contributed by atoms with E-state index < -0.39 is 0 Å². The van der Waals surface area contributed by atoms with Gasteiger partial charge in [0.1, 0.15) is 5.75 Å². The fourth-order valence-electron chi connectivity index (χ4n) is 2.08. The molecule has 5 nitrogen and oxygen atoms in total. The summed E-state index contributed by atoms with van der Waals surface area (Å²) < 4.78 is 5.21. The lowest BCUT2D eigenvalue weighted by Crippen LogP contribution is -2.15. The average Bonchev–Trinajstić information content (AvgIpc) is 2.52. The van der Waals surface area contributed by atoms with Crippen LogP contribution in [0.2, 0.25) is 0 Å². The molecule has 2 aromatic rings. The molecule has 0 aromatic heterocycles. The Kier molecular flexibility index (Phi) is 4.66. The highest BCUT2D eigenvalue weighted by molar-refractivity contribution is 5.99. The van der Waals surface area contributed by atoms with Gasteiger partial charge >= 0.3 is 0 Å². The molecule has 0 heterocycles. The molecule has 0 aliphatic carbocycles. The number of anilines is 1. The van der Waals surface area contributed by atoms with Gasteiger partial charge in [0.2, 0.25) is 0 Å². The number of aryl methyl sites for hydroxylation is 1. The standard InChI is InChI=1S/C16H19N3O2/c1-11-4-3-5-13(8-11)18-10-12-6-7-15(21-2)14(9-12)16(17)19-20/h3-9,18,20H,10H2,1-2H3,(H2,17,19). The summed E-state index contributed by atoms with van der Waals surface area (Å²) in [5, 5.41) is 15.2. The molecule has 0 unspecified atom stereocenters. The predicted octanol–water partition coefficient (Wildman–Crippen LogP) is 2.71. The van der Waals surface area contributed by atoms with E-state index in [0.29, 0.717) is 17.9 Å². The number of rotatable bonds is 5. The number of ether oxygens (including phenoxy) is 1. The molecule has 0 aliphatic heterocycles. The summed E-state index contributed by atoms with van der Waals surface area (Å²) in [5.74, 6) is 0.605. The summed E-state index contributed by atoms with van der Waals surface area (Å²) in [6.45, 7) is 2.69. The first-order valence-electron chi connectivity index (χ1n) is 6.59. The number of amidine groups is 1. The van der Waals surface area contributed by atoms with Crippen molar-refractivity contribution in [1.82, 2.24) is 0 Å². The molecular formula is C16H19N3O2. The Morgan fingerprint density at radius 1 is 1.29 bits per heavy atom. The van der Waals surface area contributed by atoms with Gasteiger partial charge in [-0.2, -0.15) is 0 Å². The molecule has 2 rings (SSSR count). The van der Waals surface area contributed by atoms with E-state index in [-0.39, 0.29) is 5.84 Å². The third-order valence-corrected chi connectivity index (χ3v) is 3.16. The van der Waals surface area contributed by atoms with Crippen LogP contribution in [0.4, 0.5) is 5.69 Å². The maximum atomic E-state index is 8.83. The van der Waals surface area contributed by atoms with Crippen LogP contribution in [0.5, 0.6) is 5.75 Å². The third kappa shape index (κ3) is 3.66. The van der Waals surface area contributed by atoms with Gasteiger partial charge in [0.05, 0.1) is 12.7 Å². The van der Waals surface area contributed by atoms with Crippen LogP contribution in [-0.4, -0.2) is 18.2 Å². The molecular weight excluding hydrogens is 266 g/mol. The minimum absolute atomic E-state index is 0.0317. The highest BCUT2D eigenvalue weighted by Crippen LogP contribution is 2.20. The second-order valence-corrected chi connectivity index (χ2v) is 4.74. The molecule has 110 valence electrons. The van der Waals surface area contributed by atoms with E-state index in [1.165, 1.54) is 5.56 Å². The first-order chi connectivity index (χ1) is 10.1. The Morgan fingerprint density at radius 2 is 2.10 bits per heavy atom. The van der Waals surface area contributed by atoms with Crippen molar-refractivity contribution in [3.8, 4) is 5.75 Å². The predicted molar refractivity (Wildman–Crippen MR) is 84.0 cm³/mol. The largest absolute Gasteiger partial charge is 0.496 e. The number of nitrogens with one attached hydrogen (secondary N) is 1. The molecule has 0 radical (unpaired) electrons. The molecule has 5 heteroatoms. The molecule has 0 amide bonds. The number of oxime groups is 1. The first kappa shape index (κ1) is 14.7. The Labute approximate surface area is 124 Å². The van der Waals surface area contributed by atoms with Gasteiger partial charge in [-0.25, -0.2) is 0 Å². The average molecular weight is 285 g/mol. The number of nitrogens with two attached hydrogens (primary N) is 1. The van der Waals surface area contributed by atoms with Crippen LogP contribution in [0.25, 0.3) is 0 Å². The maximum absolute atomic E-state index is 8.83. The molecule has 4 N–H and O–H groups in total. The Hall–Kier alpha value is -2.69. The zero-order chi connectivity index (χ0) is 15.2. The minimum Gasteiger partial charge on any atom is -0.496 e. The van der Waals surface area contributed by atoms with Gasteiger partial charge in [-0.3, -0.25) is 0 Å². The smallest absolute Gasteiger partial charge is 0.173 e. The number of methoxy groups -OCH3 is 1. The van der Waals surface area contributed by atoms with Crippen molar-refractivity contribution in [2.24, 2.45) is 10.9 Å². The Morgan fingerprint density at radius 3 is 2.76 bits per heavy atom. The first-order valence-corrected chi connectivity index (χ1v) is 6.59. The molecule has 2 aromatic carbocycles. The molecule has 21 heavy (non-hydrogen) atoms. The van der Waals surface area contributed by atoms with Gasteiger partial charge in [0.15, 0.2) is 5.84 Å². The van der Waals surface area contributed by atoms with Gasteiger partial charge in [-0.05, 0) is 42.3 Å². The fourth-order valence-corrected chi connectivity index (χ4v) is 2.08. The number of benzene rings is 2. The van der Waals surface area contributed by atoms with Crippen molar-refractivity contribution in [2.45, 2.75) is 13.5 Å². The normalized spacial score (nSPS) is 11.2. The molecule has 0 atom stereocenters. The van der Waals surface area contributed by atoms with Crippen LogP contribution >= 0.6 is 0 Å². The van der Waals surface area contributed by atoms with Crippen LogP contribution in [0.15, 0.2) is 47.6 Å². The summed E-state index contributed by atoms with van der Waals surface area (Å²) in [4.78, 5) is 0.